The molecule has 106 valence electrons. The van der Waals surface area contributed by atoms with Gasteiger partial charge in [-0.05, 0) is 44.4 Å². The van der Waals surface area contributed by atoms with Crippen molar-refractivity contribution in [2.75, 3.05) is 19.8 Å². The second kappa shape index (κ2) is 6.37. The lowest BCUT2D eigenvalue weighted by atomic mass is 10.1. The first-order valence-electron chi connectivity index (χ1n) is 6.87. The van der Waals surface area contributed by atoms with Crippen molar-refractivity contribution in [3.05, 3.63) is 29.8 Å². The SMILES string of the molecule is C[C@@H](CCc1ccc(O)cc1)NCC1(C)OCCO1. The Balaban J connectivity index is 1.69. The summed E-state index contributed by atoms with van der Waals surface area (Å²) in [6, 6.07) is 7.79. The molecule has 1 saturated heterocycles. The fourth-order valence-electron chi connectivity index (χ4n) is 2.17. The highest BCUT2D eigenvalue weighted by molar-refractivity contribution is 5.25. The van der Waals surface area contributed by atoms with E-state index in [1.165, 1.54) is 5.56 Å². The number of benzene rings is 1. The summed E-state index contributed by atoms with van der Waals surface area (Å²) < 4.78 is 11.1. The van der Waals surface area contributed by atoms with Crippen LogP contribution in [0.3, 0.4) is 0 Å². The maximum Gasteiger partial charge on any atom is 0.178 e. The van der Waals surface area contributed by atoms with E-state index in [9.17, 15) is 5.11 Å². The molecular formula is C15H23NO3. The van der Waals surface area contributed by atoms with E-state index in [1.54, 1.807) is 12.1 Å². The number of hydrogen-bond donors (Lipinski definition) is 2. The molecule has 0 aromatic heterocycles. The number of phenolic OH excluding ortho intramolecular Hbond substituents is 1. The van der Waals surface area contributed by atoms with Gasteiger partial charge in [0.1, 0.15) is 5.75 Å². The number of phenols is 1. The topological polar surface area (TPSA) is 50.7 Å². The van der Waals surface area contributed by atoms with Crippen LogP contribution in [0.2, 0.25) is 0 Å². The first-order valence-corrected chi connectivity index (χ1v) is 6.87. The highest BCUT2D eigenvalue weighted by atomic mass is 16.7. The van der Waals surface area contributed by atoms with Crippen molar-refractivity contribution in [2.24, 2.45) is 0 Å². The molecular weight excluding hydrogens is 242 g/mol. The van der Waals surface area contributed by atoms with Gasteiger partial charge in [0.15, 0.2) is 5.79 Å². The smallest absolute Gasteiger partial charge is 0.178 e. The van der Waals surface area contributed by atoms with Crippen molar-refractivity contribution >= 4 is 0 Å². The van der Waals surface area contributed by atoms with Gasteiger partial charge in [-0.25, -0.2) is 0 Å². The number of hydrogen-bond acceptors (Lipinski definition) is 4. The average molecular weight is 265 g/mol. The monoisotopic (exact) mass is 265 g/mol. The Kier molecular flexibility index (Phi) is 4.80. The second-order valence-electron chi connectivity index (χ2n) is 5.32. The predicted octanol–water partition coefficient (Wildman–Crippen LogP) is 2.07. The third-order valence-electron chi connectivity index (χ3n) is 3.47. The summed E-state index contributed by atoms with van der Waals surface area (Å²) in [6.45, 7) is 6.21. The Morgan fingerprint density at radius 3 is 2.53 bits per heavy atom. The molecule has 0 radical (unpaired) electrons. The van der Waals surface area contributed by atoms with Gasteiger partial charge in [0, 0.05) is 12.6 Å². The van der Waals surface area contributed by atoms with Gasteiger partial charge in [0.2, 0.25) is 0 Å². The van der Waals surface area contributed by atoms with Gasteiger partial charge in [-0.2, -0.15) is 0 Å². The maximum atomic E-state index is 9.23. The zero-order valence-electron chi connectivity index (χ0n) is 11.7. The molecule has 0 amide bonds. The first kappa shape index (κ1) is 14.3. The van der Waals surface area contributed by atoms with E-state index in [-0.39, 0.29) is 0 Å². The average Bonchev–Trinajstić information content (AvgIpc) is 2.83. The third kappa shape index (κ3) is 4.49. The summed E-state index contributed by atoms with van der Waals surface area (Å²) in [7, 11) is 0. The van der Waals surface area contributed by atoms with Crippen LogP contribution < -0.4 is 5.32 Å². The van der Waals surface area contributed by atoms with Crippen LogP contribution in [0.5, 0.6) is 5.75 Å². The van der Waals surface area contributed by atoms with Gasteiger partial charge in [-0.1, -0.05) is 12.1 Å². The molecule has 1 fully saturated rings. The van der Waals surface area contributed by atoms with Gasteiger partial charge < -0.3 is 19.9 Å². The fraction of sp³-hybridized carbons (Fsp3) is 0.600. The molecule has 0 aliphatic carbocycles. The summed E-state index contributed by atoms with van der Waals surface area (Å²) in [5.41, 5.74) is 1.24. The van der Waals surface area contributed by atoms with E-state index in [0.29, 0.717) is 31.5 Å². The second-order valence-corrected chi connectivity index (χ2v) is 5.32. The zero-order valence-corrected chi connectivity index (χ0v) is 11.7. The molecule has 0 spiro atoms. The molecule has 1 aromatic carbocycles. The molecule has 1 aliphatic rings. The van der Waals surface area contributed by atoms with Crippen molar-refractivity contribution in [1.29, 1.82) is 0 Å². The molecule has 4 heteroatoms. The van der Waals surface area contributed by atoms with E-state index < -0.39 is 5.79 Å². The normalized spacial score (nSPS) is 19.5. The van der Waals surface area contributed by atoms with Crippen LogP contribution >= 0.6 is 0 Å². The first-order chi connectivity index (χ1) is 9.07. The van der Waals surface area contributed by atoms with Crippen LogP contribution in [0.15, 0.2) is 24.3 Å². The molecule has 0 bridgehead atoms. The van der Waals surface area contributed by atoms with Gasteiger partial charge in [-0.3, -0.25) is 0 Å². The number of rotatable bonds is 6. The molecule has 0 saturated carbocycles. The van der Waals surface area contributed by atoms with Gasteiger partial charge in [0.25, 0.3) is 0 Å². The number of aromatic hydroxyl groups is 1. The lowest BCUT2D eigenvalue weighted by Gasteiger charge is -2.25. The lowest BCUT2D eigenvalue weighted by Crippen LogP contribution is -2.42. The molecule has 1 aliphatic heterocycles. The van der Waals surface area contributed by atoms with Crippen molar-refractivity contribution in [3.63, 3.8) is 0 Å². The molecule has 1 aromatic rings. The molecule has 1 atom stereocenters. The van der Waals surface area contributed by atoms with Gasteiger partial charge in [-0.15, -0.1) is 0 Å². The standard InChI is InChI=1S/C15H23NO3/c1-12(16-11-15(2)18-9-10-19-15)3-4-13-5-7-14(17)8-6-13/h5-8,12,16-17H,3-4,9-11H2,1-2H3/t12-/m0/s1. The van der Waals surface area contributed by atoms with Crippen LogP contribution in [0, 0.1) is 0 Å². The minimum Gasteiger partial charge on any atom is -0.508 e. The molecule has 0 unspecified atom stereocenters. The van der Waals surface area contributed by atoms with Gasteiger partial charge >= 0.3 is 0 Å². The molecule has 1 heterocycles. The van der Waals surface area contributed by atoms with Crippen molar-refractivity contribution in [2.45, 2.75) is 38.5 Å². The highest BCUT2D eigenvalue weighted by Gasteiger charge is 2.30. The van der Waals surface area contributed by atoms with Crippen molar-refractivity contribution in [3.8, 4) is 5.75 Å². The predicted molar refractivity (Wildman–Crippen MR) is 74.2 cm³/mol. The highest BCUT2D eigenvalue weighted by Crippen LogP contribution is 2.17. The van der Waals surface area contributed by atoms with Crippen LogP contribution in [0.25, 0.3) is 0 Å². The van der Waals surface area contributed by atoms with Crippen LogP contribution in [-0.4, -0.2) is 36.7 Å². The summed E-state index contributed by atoms with van der Waals surface area (Å²) in [4.78, 5) is 0. The number of aryl methyl sites for hydroxylation is 1. The minimum atomic E-state index is -0.465. The van der Waals surface area contributed by atoms with Gasteiger partial charge in [0.05, 0.1) is 13.2 Å². The zero-order chi connectivity index (χ0) is 13.7. The summed E-state index contributed by atoms with van der Waals surface area (Å²) in [6.07, 6.45) is 2.04. The molecule has 4 nitrogen and oxygen atoms in total. The van der Waals surface area contributed by atoms with Crippen molar-refractivity contribution in [1.82, 2.24) is 5.32 Å². The van der Waals surface area contributed by atoms with E-state index in [4.69, 9.17) is 9.47 Å². The van der Waals surface area contributed by atoms with E-state index in [2.05, 4.69) is 12.2 Å². The largest absolute Gasteiger partial charge is 0.508 e. The summed E-state index contributed by atoms with van der Waals surface area (Å²) in [5.74, 6) is -0.148. The molecule has 19 heavy (non-hydrogen) atoms. The van der Waals surface area contributed by atoms with Crippen LogP contribution in [0.1, 0.15) is 25.8 Å². The maximum absolute atomic E-state index is 9.23. The summed E-state index contributed by atoms with van der Waals surface area (Å²) in [5, 5.41) is 12.7. The molecule has 2 N–H and O–H groups in total. The Labute approximate surface area is 114 Å². The third-order valence-corrected chi connectivity index (χ3v) is 3.47. The Hall–Kier alpha value is -1.10. The van der Waals surface area contributed by atoms with Crippen molar-refractivity contribution < 1.29 is 14.6 Å². The minimum absolute atomic E-state index is 0.318. The number of ether oxygens (including phenoxy) is 2. The van der Waals surface area contributed by atoms with Crippen LogP contribution in [-0.2, 0) is 15.9 Å². The quantitative estimate of drug-likeness (QED) is 0.826. The fourth-order valence-corrected chi connectivity index (χ4v) is 2.17. The van der Waals surface area contributed by atoms with E-state index in [1.807, 2.05) is 19.1 Å². The van der Waals surface area contributed by atoms with E-state index >= 15 is 0 Å². The Morgan fingerprint density at radius 2 is 1.89 bits per heavy atom. The Morgan fingerprint density at radius 1 is 1.26 bits per heavy atom. The lowest BCUT2D eigenvalue weighted by molar-refractivity contribution is -0.139. The molecule has 2 rings (SSSR count). The van der Waals surface area contributed by atoms with E-state index in [0.717, 1.165) is 12.8 Å². The van der Waals surface area contributed by atoms with Crippen LogP contribution in [0.4, 0.5) is 0 Å². The number of nitrogens with one attached hydrogen (secondary N) is 1. The Bertz CT molecular complexity index is 385. The summed E-state index contributed by atoms with van der Waals surface area (Å²) >= 11 is 0.